The number of nitrogens with one attached hydrogen (secondary N) is 1. The molecule has 16 heavy (non-hydrogen) atoms. The van der Waals surface area contributed by atoms with Gasteiger partial charge in [0.05, 0.1) is 11.1 Å². The van der Waals surface area contributed by atoms with Crippen molar-refractivity contribution in [3.05, 3.63) is 24.4 Å². The fraction of sp³-hybridized carbons (Fsp3) is 0. The molecule has 0 saturated carbocycles. The van der Waals surface area contributed by atoms with E-state index in [1.165, 1.54) is 23.9 Å². The molecule has 0 unspecified atom stereocenters. The zero-order chi connectivity index (χ0) is 11.1. The topological polar surface area (TPSA) is 92.0 Å². The van der Waals surface area contributed by atoms with Crippen LogP contribution in [0.5, 0.6) is 0 Å². The van der Waals surface area contributed by atoms with Gasteiger partial charge in [-0.25, -0.2) is 14.8 Å². The summed E-state index contributed by atoms with van der Waals surface area (Å²) in [5.74, 6) is -0.521. The van der Waals surface area contributed by atoms with Gasteiger partial charge in [0.25, 0.3) is 0 Å². The second kappa shape index (κ2) is 3.17. The molecule has 7 heteroatoms. The van der Waals surface area contributed by atoms with Gasteiger partial charge >= 0.3 is 5.97 Å². The monoisotopic (exact) mass is 235 g/mol. The van der Waals surface area contributed by atoms with Crippen molar-refractivity contribution in [1.29, 1.82) is 0 Å². The number of carboxylic acids is 1. The third kappa shape index (κ3) is 1.29. The summed E-state index contributed by atoms with van der Waals surface area (Å²) in [5.41, 5.74) is 0.807. The molecule has 2 N–H and O–H groups in total. The largest absolute Gasteiger partial charge is 0.477 e. The Morgan fingerprint density at radius 3 is 3.06 bits per heavy atom. The molecule has 3 aromatic heterocycles. The van der Waals surface area contributed by atoms with E-state index in [0.29, 0.717) is 10.7 Å². The molecule has 0 aliphatic heterocycles. The van der Waals surface area contributed by atoms with Gasteiger partial charge in [-0.05, 0) is 6.07 Å². The van der Waals surface area contributed by atoms with Crippen LogP contribution in [0.4, 0.5) is 0 Å². The van der Waals surface area contributed by atoms with Gasteiger partial charge in [-0.1, -0.05) is 11.3 Å². The predicted molar refractivity (Wildman–Crippen MR) is 56.4 cm³/mol. The van der Waals surface area contributed by atoms with E-state index in [4.69, 9.17) is 9.52 Å². The number of rotatable bonds is 2. The lowest BCUT2D eigenvalue weighted by Gasteiger charge is -1.88. The summed E-state index contributed by atoms with van der Waals surface area (Å²) in [6.07, 6.45) is 2.66. The van der Waals surface area contributed by atoms with Gasteiger partial charge in [0.15, 0.2) is 6.39 Å². The van der Waals surface area contributed by atoms with E-state index in [0.717, 1.165) is 10.4 Å². The number of nitrogens with zero attached hydrogens (tertiary/aromatic N) is 2. The molecule has 6 nitrogen and oxygen atoms in total. The smallest absolute Gasteiger partial charge is 0.353 e. The van der Waals surface area contributed by atoms with Gasteiger partial charge in [0.1, 0.15) is 17.0 Å². The van der Waals surface area contributed by atoms with Crippen molar-refractivity contribution in [2.45, 2.75) is 0 Å². The van der Waals surface area contributed by atoms with Crippen molar-refractivity contribution >= 4 is 27.7 Å². The van der Waals surface area contributed by atoms with Gasteiger partial charge in [-0.3, -0.25) is 0 Å². The first-order valence-electron chi connectivity index (χ1n) is 4.36. The number of aromatic amines is 1. The van der Waals surface area contributed by atoms with Crippen LogP contribution in [0.15, 0.2) is 23.1 Å². The molecular formula is C9H5N3O3S. The average molecular weight is 235 g/mol. The summed E-state index contributed by atoms with van der Waals surface area (Å²) in [4.78, 5) is 22.9. The minimum absolute atomic E-state index is 0.0629. The van der Waals surface area contributed by atoms with Gasteiger partial charge in [0.2, 0.25) is 4.90 Å². The van der Waals surface area contributed by atoms with Crippen molar-refractivity contribution in [3.63, 3.8) is 0 Å². The Balaban J connectivity index is 2.08. The number of thiophene rings is 1. The average Bonchev–Trinajstić information content (AvgIpc) is 2.91. The molecule has 3 aromatic rings. The second-order valence-corrected chi connectivity index (χ2v) is 4.10. The van der Waals surface area contributed by atoms with Gasteiger partial charge in [-0.2, -0.15) is 0 Å². The molecule has 0 saturated heterocycles. The van der Waals surface area contributed by atoms with Gasteiger partial charge < -0.3 is 14.5 Å². The maximum atomic E-state index is 10.7. The van der Waals surface area contributed by atoms with Crippen LogP contribution >= 0.6 is 11.3 Å². The van der Waals surface area contributed by atoms with E-state index in [9.17, 15) is 4.79 Å². The van der Waals surface area contributed by atoms with E-state index >= 15 is 0 Å². The summed E-state index contributed by atoms with van der Waals surface area (Å²) in [5, 5.41) is 8.75. The first-order chi connectivity index (χ1) is 7.74. The van der Waals surface area contributed by atoms with E-state index in [1.54, 1.807) is 6.07 Å². The van der Waals surface area contributed by atoms with Crippen LogP contribution in [0.1, 0.15) is 10.5 Å². The molecule has 80 valence electrons. The minimum Gasteiger partial charge on any atom is -0.477 e. The number of fused-ring (bicyclic) bond motifs is 1. The highest BCUT2D eigenvalue weighted by molar-refractivity contribution is 7.21. The van der Waals surface area contributed by atoms with Crippen molar-refractivity contribution in [1.82, 2.24) is 15.0 Å². The number of imidazole rings is 1. The highest BCUT2D eigenvalue weighted by Crippen LogP contribution is 2.30. The van der Waals surface area contributed by atoms with Crippen LogP contribution < -0.4 is 0 Å². The van der Waals surface area contributed by atoms with E-state index in [-0.39, 0.29) is 5.69 Å². The highest BCUT2D eigenvalue weighted by atomic mass is 32.1. The normalized spacial score (nSPS) is 11.0. The van der Waals surface area contributed by atoms with Crippen molar-refractivity contribution in [2.75, 3.05) is 0 Å². The van der Waals surface area contributed by atoms with Crippen LogP contribution in [-0.4, -0.2) is 26.0 Å². The van der Waals surface area contributed by atoms with E-state index in [1.807, 2.05) is 0 Å². The molecular weight excluding hydrogens is 230 g/mol. The molecule has 3 heterocycles. The molecule has 0 aliphatic rings. The molecule has 0 spiro atoms. The van der Waals surface area contributed by atoms with E-state index in [2.05, 4.69) is 15.0 Å². The van der Waals surface area contributed by atoms with Crippen molar-refractivity contribution in [2.24, 2.45) is 0 Å². The fourth-order valence-electron chi connectivity index (χ4n) is 1.34. The summed E-state index contributed by atoms with van der Waals surface area (Å²) in [7, 11) is 0. The fourth-order valence-corrected chi connectivity index (χ4v) is 2.22. The standard InChI is InChI=1S/C9H5N3O3S/c13-8(14)5-2-10-7(12-5)6-1-4-9(16-6)15-3-11-4/h1-3H,(H,10,12)(H,13,14). The number of aromatic nitrogens is 3. The lowest BCUT2D eigenvalue weighted by Crippen LogP contribution is -1.95. The molecule has 3 rings (SSSR count). The second-order valence-electron chi connectivity index (χ2n) is 3.09. The maximum absolute atomic E-state index is 10.7. The Hall–Kier alpha value is -2.15. The van der Waals surface area contributed by atoms with E-state index < -0.39 is 5.97 Å². The number of hydrogen-bond donors (Lipinski definition) is 2. The minimum atomic E-state index is -1.03. The molecule has 0 aromatic carbocycles. The third-order valence-electron chi connectivity index (χ3n) is 2.07. The van der Waals surface area contributed by atoms with Crippen LogP contribution in [-0.2, 0) is 0 Å². The molecule has 0 amide bonds. The molecule has 0 radical (unpaired) electrons. The summed E-state index contributed by atoms with van der Waals surface area (Å²) < 4.78 is 5.12. The first-order valence-corrected chi connectivity index (χ1v) is 5.17. The molecule has 0 atom stereocenters. The highest BCUT2D eigenvalue weighted by Gasteiger charge is 2.12. The SMILES string of the molecule is O=C(O)c1cnc(-c2cc3ncoc3s2)[nH]1. The quantitative estimate of drug-likeness (QED) is 0.708. The van der Waals surface area contributed by atoms with Crippen LogP contribution in [0, 0.1) is 0 Å². The van der Waals surface area contributed by atoms with Crippen LogP contribution in [0.2, 0.25) is 0 Å². The predicted octanol–water partition coefficient (Wildman–Crippen LogP) is 1.98. The van der Waals surface area contributed by atoms with Gasteiger partial charge in [0, 0.05) is 0 Å². The number of aromatic carboxylic acids is 1. The Bertz CT molecular complexity index is 638. The lowest BCUT2D eigenvalue weighted by atomic mass is 10.4. The number of oxazole rings is 1. The number of hydrogen-bond acceptors (Lipinski definition) is 5. The van der Waals surface area contributed by atoms with Gasteiger partial charge in [-0.15, -0.1) is 0 Å². The first kappa shape index (κ1) is 9.10. The number of H-pyrrole nitrogens is 1. The van der Waals surface area contributed by atoms with Crippen molar-refractivity contribution in [3.8, 4) is 10.7 Å². The Kier molecular flexibility index (Phi) is 1.80. The zero-order valence-electron chi connectivity index (χ0n) is 7.80. The Labute approximate surface area is 92.6 Å². The molecule has 0 fully saturated rings. The zero-order valence-corrected chi connectivity index (χ0v) is 8.61. The Morgan fingerprint density at radius 1 is 1.50 bits per heavy atom. The lowest BCUT2D eigenvalue weighted by molar-refractivity contribution is 0.0691. The summed E-state index contributed by atoms with van der Waals surface area (Å²) in [6, 6.07) is 1.80. The molecule has 0 aliphatic carbocycles. The summed E-state index contributed by atoms with van der Waals surface area (Å²) in [6.45, 7) is 0. The maximum Gasteiger partial charge on any atom is 0.353 e. The number of carboxylic acid groups (broad SMARTS) is 1. The van der Waals surface area contributed by atoms with Crippen LogP contribution in [0.25, 0.3) is 21.1 Å². The molecule has 0 bridgehead atoms. The van der Waals surface area contributed by atoms with Crippen molar-refractivity contribution < 1.29 is 14.3 Å². The van der Waals surface area contributed by atoms with Crippen LogP contribution in [0.3, 0.4) is 0 Å². The Morgan fingerprint density at radius 2 is 2.38 bits per heavy atom. The summed E-state index contributed by atoms with van der Waals surface area (Å²) >= 11 is 1.37. The number of carbonyl (C=O) groups is 1. The third-order valence-corrected chi connectivity index (χ3v) is 3.09.